The van der Waals surface area contributed by atoms with Gasteiger partial charge in [-0.15, -0.1) is 29.9 Å². The molecule has 2 aromatic carbocycles. The molecule has 182 valence electrons. The van der Waals surface area contributed by atoms with E-state index in [0.717, 1.165) is 17.5 Å². The monoisotopic (exact) mass is 525 g/mol. The van der Waals surface area contributed by atoms with Crippen molar-refractivity contribution >= 4 is 48.2 Å². The van der Waals surface area contributed by atoms with E-state index in [1.165, 1.54) is 11.0 Å². The van der Waals surface area contributed by atoms with Gasteiger partial charge in [0.25, 0.3) is 0 Å². The second-order valence-corrected chi connectivity index (χ2v) is 8.17. The molecule has 0 spiro atoms. The first kappa shape index (κ1) is 27.5. The molecule has 0 radical (unpaired) electrons. The third-order valence-electron chi connectivity index (χ3n) is 5.54. The highest BCUT2D eigenvalue weighted by Crippen LogP contribution is 2.21. The zero-order valence-corrected chi connectivity index (χ0v) is 20.6. The van der Waals surface area contributed by atoms with Gasteiger partial charge in [0, 0.05) is 18.1 Å². The number of halogens is 3. The SMILES string of the molecule is Cl.Cl.NC(Cc1ccccc1)C(=O)N1CCC[C@H]1C(=O)NCc1cc(Cl)ccc1-n1cnnn1. The van der Waals surface area contributed by atoms with E-state index in [1.807, 2.05) is 30.3 Å². The number of carbonyl (C=O) groups excluding carboxylic acids is 2. The molecule has 3 aromatic rings. The molecule has 0 aliphatic carbocycles. The highest BCUT2D eigenvalue weighted by molar-refractivity contribution is 6.30. The predicted octanol–water partition coefficient (Wildman–Crippen LogP) is 2.34. The second-order valence-electron chi connectivity index (χ2n) is 7.73. The molecule has 1 aliphatic rings. The quantitative estimate of drug-likeness (QED) is 0.488. The Bertz CT molecular complexity index is 1080. The van der Waals surface area contributed by atoms with E-state index in [2.05, 4.69) is 20.8 Å². The summed E-state index contributed by atoms with van der Waals surface area (Å²) in [4.78, 5) is 27.5. The highest BCUT2D eigenvalue weighted by Gasteiger charge is 2.36. The van der Waals surface area contributed by atoms with Gasteiger partial charge in [-0.05, 0) is 59.0 Å². The van der Waals surface area contributed by atoms with Crippen LogP contribution >= 0.6 is 36.4 Å². The van der Waals surface area contributed by atoms with Gasteiger partial charge in [-0.25, -0.2) is 4.68 Å². The molecule has 2 amide bonds. The van der Waals surface area contributed by atoms with Gasteiger partial charge in [0.2, 0.25) is 11.8 Å². The van der Waals surface area contributed by atoms with Gasteiger partial charge >= 0.3 is 0 Å². The van der Waals surface area contributed by atoms with Crippen LogP contribution in [0.15, 0.2) is 54.9 Å². The van der Waals surface area contributed by atoms with E-state index in [-0.39, 0.29) is 43.2 Å². The highest BCUT2D eigenvalue weighted by atomic mass is 35.5. The van der Waals surface area contributed by atoms with Crippen molar-refractivity contribution in [2.24, 2.45) is 5.73 Å². The van der Waals surface area contributed by atoms with Crippen LogP contribution in [0.25, 0.3) is 5.69 Å². The van der Waals surface area contributed by atoms with Gasteiger partial charge < -0.3 is 16.0 Å². The van der Waals surface area contributed by atoms with Crippen molar-refractivity contribution < 1.29 is 9.59 Å². The summed E-state index contributed by atoms with van der Waals surface area (Å²) in [5.74, 6) is -0.422. The van der Waals surface area contributed by atoms with Crippen LogP contribution in [-0.4, -0.2) is 55.5 Å². The Hall–Kier alpha value is -2.72. The molecule has 1 unspecified atom stereocenters. The van der Waals surface area contributed by atoms with Crippen LogP contribution in [0.5, 0.6) is 0 Å². The first-order valence-corrected chi connectivity index (χ1v) is 10.8. The first-order valence-electron chi connectivity index (χ1n) is 10.4. The van der Waals surface area contributed by atoms with Crippen LogP contribution in [0.1, 0.15) is 24.0 Å². The van der Waals surface area contributed by atoms with Gasteiger partial charge in [0.1, 0.15) is 12.4 Å². The average molecular weight is 527 g/mol. The third-order valence-corrected chi connectivity index (χ3v) is 5.78. The van der Waals surface area contributed by atoms with E-state index in [0.29, 0.717) is 30.1 Å². The van der Waals surface area contributed by atoms with Crippen LogP contribution < -0.4 is 11.1 Å². The number of carbonyl (C=O) groups is 2. The number of likely N-dealkylation sites (tertiary alicyclic amines) is 1. The molecule has 1 aliphatic heterocycles. The maximum atomic E-state index is 13.0. The summed E-state index contributed by atoms with van der Waals surface area (Å²) in [6, 6.07) is 13.7. The lowest BCUT2D eigenvalue weighted by atomic mass is 10.1. The van der Waals surface area contributed by atoms with Crippen LogP contribution in [-0.2, 0) is 22.6 Å². The van der Waals surface area contributed by atoms with Crippen molar-refractivity contribution in [1.29, 1.82) is 0 Å². The summed E-state index contributed by atoms with van der Waals surface area (Å²) in [7, 11) is 0. The molecule has 3 N–H and O–H groups in total. The van der Waals surface area contributed by atoms with E-state index in [4.69, 9.17) is 17.3 Å². The molecule has 1 aromatic heterocycles. The molecular formula is C22H26Cl3N7O2. The van der Waals surface area contributed by atoms with Gasteiger partial charge in [0.15, 0.2) is 0 Å². The number of hydrogen-bond acceptors (Lipinski definition) is 6. The van der Waals surface area contributed by atoms with E-state index >= 15 is 0 Å². The van der Waals surface area contributed by atoms with Gasteiger partial charge in [0.05, 0.1) is 11.7 Å². The molecule has 1 saturated heterocycles. The number of nitrogens with zero attached hydrogens (tertiary/aromatic N) is 5. The molecule has 2 heterocycles. The number of rotatable bonds is 7. The number of amides is 2. The molecule has 0 saturated carbocycles. The van der Waals surface area contributed by atoms with E-state index < -0.39 is 12.1 Å². The smallest absolute Gasteiger partial charge is 0.243 e. The van der Waals surface area contributed by atoms with Gasteiger partial charge in [-0.2, -0.15) is 0 Å². The fraction of sp³-hybridized carbons (Fsp3) is 0.318. The van der Waals surface area contributed by atoms with Crippen LogP contribution in [0.3, 0.4) is 0 Å². The Kier molecular flexibility index (Phi) is 10.2. The number of tetrazole rings is 1. The largest absolute Gasteiger partial charge is 0.350 e. The summed E-state index contributed by atoms with van der Waals surface area (Å²) in [5.41, 5.74) is 8.65. The number of aromatic nitrogens is 4. The lowest BCUT2D eigenvalue weighted by Crippen LogP contribution is -2.51. The van der Waals surface area contributed by atoms with Gasteiger partial charge in [-0.3, -0.25) is 9.59 Å². The van der Waals surface area contributed by atoms with Crippen molar-refractivity contribution in [2.45, 2.75) is 37.9 Å². The standard InChI is InChI=1S/C22H24ClN7O2.2ClH/c23-17-8-9-19(30-14-26-27-28-30)16(12-17)13-25-21(31)20-7-4-10-29(20)22(32)18(24)11-15-5-2-1-3-6-15;;/h1-3,5-6,8-9,12,14,18,20H,4,7,10-11,13,24H2,(H,25,31);2*1H/t18?,20-;;/m0../s1. The van der Waals surface area contributed by atoms with Crippen LogP contribution in [0.2, 0.25) is 5.02 Å². The Morgan fingerprint density at radius 2 is 1.94 bits per heavy atom. The number of nitrogens with two attached hydrogens (primary N) is 1. The lowest BCUT2D eigenvalue weighted by molar-refractivity contribution is -0.139. The molecule has 1 fully saturated rings. The number of nitrogens with one attached hydrogen (secondary N) is 1. The minimum absolute atomic E-state index is 0. The van der Waals surface area contributed by atoms with Crippen molar-refractivity contribution in [3.05, 3.63) is 71.0 Å². The van der Waals surface area contributed by atoms with Crippen molar-refractivity contribution in [2.75, 3.05) is 6.54 Å². The maximum absolute atomic E-state index is 13.0. The molecule has 9 nitrogen and oxygen atoms in total. The van der Waals surface area contributed by atoms with Crippen molar-refractivity contribution in [3.63, 3.8) is 0 Å². The zero-order valence-electron chi connectivity index (χ0n) is 18.2. The Balaban J connectivity index is 0.00000204. The molecule has 4 rings (SSSR count). The predicted molar refractivity (Wildman–Crippen MR) is 133 cm³/mol. The van der Waals surface area contributed by atoms with Crippen molar-refractivity contribution in [3.8, 4) is 5.69 Å². The summed E-state index contributed by atoms with van der Waals surface area (Å²) in [6.45, 7) is 0.746. The molecular weight excluding hydrogens is 501 g/mol. The Morgan fingerprint density at radius 1 is 1.18 bits per heavy atom. The van der Waals surface area contributed by atoms with E-state index in [9.17, 15) is 9.59 Å². The van der Waals surface area contributed by atoms with E-state index in [1.54, 1.807) is 23.1 Å². The first-order chi connectivity index (χ1) is 15.5. The third kappa shape index (κ3) is 6.44. The number of hydrogen-bond donors (Lipinski definition) is 2. The molecule has 34 heavy (non-hydrogen) atoms. The topological polar surface area (TPSA) is 119 Å². The molecule has 0 bridgehead atoms. The van der Waals surface area contributed by atoms with Gasteiger partial charge in [-0.1, -0.05) is 41.9 Å². The lowest BCUT2D eigenvalue weighted by Gasteiger charge is -2.27. The zero-order chi connectivity index (χ0) is 22.5. The Labute approximate surface area is 214 Å². The molecule has 2 atom stereocenters. The maximum Gasteiger partial charge on any atom is 0.243 e. The summed E-state index contributed by atoms with van der Waals surface area (Å²) in [6.07, 6.45) is 3.27. The minimum atomic E-state index is -0.690. The summed E-state index contributed by atoms with van der Waals surface area (Å²) < 4.78 is 1.51. The summed E-state index contributed by atoms with van der Waals surface area (Å²) in [5, 5.41) is 14.7. The van der Waals surface area contributed by atoms with Crippen LogP contribution in [0, 0.1) is 0 Å². The fourth-order valence-electron chi connectivity index (χ4n) is 3.96. The second kappa shape index (κ2) is 12.7. The summed E-state index contributed by atoms with van der Waals surface area (Å²) >= 11 is 6.15. The van der Waals surface area contributed by atoms with Crippen LogP contribution in [0.4, 0.5) is 0 Å². The number of benzene rings is 2. The minimum Gasteiger partial charge on any atom is -0.350 e. The fourth-order valence-corrected chi connectivity index (χ4v) is 4.16. The van der Waals surface area contributed by atoms with Crippen molar-refractivity contribution in [1.82, 2.24) is 30.4 Å². The normalized spacial score (nSPS) is 15.7. The average Bonchev–Trinajstić information content (AvgIpc) is 3.50. The molecule has 12 heteroatoms. The Morgan fingerprint density at radius 3 is 2.65 bits per heavy atom.